The molecule has 0 radical (unpaired) electrons. The molecule has 1 aromatic heterocycles. The molecule has 5 rings (SSSR count). The first kappa shape index (κ1) is 20.1. The standard InChI is InChI=1S/C25H16BrNO5/c26-16-8-11-19-15(12-16)13-20(32-19)23(29)21-22(14-6-9-18(28)10-7-14)27(25(31)24(21)30)17-4-2-1-3-5-17/h1-13,22,28,30H. The first-order valence-corrected chi connectivity index (χ1v) is 10.6. The van der Waals surface area contributed by atoms with Gasteiger partial charge in [-0.2, -0.15) is 0 Å². The molecule has 3 aromatic carbocycles. The molecule has 1 atom stereocenters. The van der Waals surface area contributed by atoms with Crippen molar-refractivity contribution in [1.29, 1.82) is 0 Å². The maximum Gasteiger partial charge on any atom is 0.294 e. The van der Waals surface area contributed by atoms with Crippen LogP contribution in [0.3, 0.4) is 0 Å². The van der Waals surface area contributed by atoms with Crippen LogP contribution in [0.1, 0.15) is 22.2 Å². The molecular formula is C25H16BrNO5. The molecule has 32 heavy (non-hydrogen) atoms. The largest absolute Gasteiger partial charge is 0.508 e. The number of benzene rings is 3. The highest BCUT2D eigenvalue weighted by Crippen LogP contribution is 2.42. The molecule has 0 saturated heterocycles. The molecule has 0 bridgehead atoms. The highest BCUT2D eigenvalue weighted by molar-refractivity contribution is 9.10. The summed E-state index contributed by atoms with van der Waals surface area (Å²) in [7, 11) is 0. The van der Waals surface area contributed by atoms with Crippen LogP contribution in [0.2, 0.25) is 0 Å². The van der Waals surface area contributed by atoms with E-state index in [1.54, 1.807) is 54.6 Å². The average Bonchev–Trinajstić information content (AvgIpc) is 3.33. The summed E-state index contributed by atoms with van der Waals surface area (Å²) < 4.78 is 6.57. The number of nitrogens with zero attached hydrogens (tertiary/aromatic N) is 1. The van der Waals surface area contributed by atoms with Crippen molar-refractivity contribution < 1.29 is 24.2 Å². The lowest BCUT2D eigenvalue weighted by molar-refractivity contribution is -0.117. The summed E-state index contributed by atoms with van der Waals surface area (Å²) in [6.45, 7) is 0. The lowest BCUT2D eigenvalue weighted by Crippen LogP contribution is -2.30. The Morgan fingerprint density at radius 1 is 0.938 bits per heavy atom. The Morgan fingerprint density at radius 3 is 2.38 bits per heavy atom. The number of hydrogen-bond acceptors (Lipinski definition) is 5. The number of ketones is 1. The number of anilines is 1. The van der Waals surface area contributed by atoms with Gasteiger partial charge in [0.05, 0.1) is 11.6 Å². The van der Waals surface area contributed by atoms with Gasteiger partial charge >= 0.3 is 0 Å². The predicted molar refractivity (Wildman–Crippen MR) is 123 cm³/mol. The van der Waals surface area contributed by atoms with E-state index in [-0.39, 0.29) is 17.1 Å². The van der Waals surface area contributed by atoms with Gasteiger partial charge in [0.15, 0.2) is 11.5 Å². The van der Waals surface area contributed by atoms with Crippen LogP contribution >= 0.6 is 15.9 Å². The van der Waals surface area contributed by atoms with Gasteiger partial charge in [0.2, 0.25) is 5.78 Å². The molecule has 7 heteroatoms. The van der Waals surface area contributed by atoms with E-state index in [9.17, 15) is 19.8 Å². The zero-order chi connectivity index (χ0) is 22.4. The summed E-state index contributed by atoms with van der Waals surface area (Å²) in [5.74, 6) is -1.82. The molecule has 0 aliphatic carbocycles. The Labute approximate surface area is 191 Å². The number of fused-ring (bicyclic) bond motifs is 1. The summed E-state index contributed by atoms with van der Waals surface area (Å²) >= 11 is 3.39. The third kappa shape index (κ3) is 3.27. The first-order chi connectivity index (χ1) is 15.4. The van der Waals surface area contributed by atoms with E-state index in [1.165, 1.54) is 17.0 Å². The Balaban J connectivity index is 1.66. The van der Waals surface area contributed by atoms with Gasteiger partial charge in [0, 0.05) is 15.5 Å². The fourth-order valence-electron chi connectivity index (χ4n) is 3.92. The monoisotopic (exact) mass is 489 g/mol. The summed E-state index contributed by atoms with van der Waals surface area (Å²) in [4.78, 5) is 28.0. The van der Waals surface area contributed by atoms with Gasteiger partial charge in [0.1, 0.15) is 11.3 Å². The Morgan fingerprint density at radius 2 is 1.66 bits per heavy atom. The van der Waals surface area contributed by atoms with Crippen LogP contribution in [-0.4, -0.2) is 21.9 Å². The number of para-hydroxylation sites is 1. The van der Waals surface area contributed by atoms with Crippen molar-refractivity contribution in [3.63, 3.8) is 0 Å². The molecule has 1 amide bonds. The second kappa shape index (κ2) is 7.69. The van der Waals surface area contributed by atoms with E-state index in [0.29, 0.717) is 22.2 Å². The minimum Gasteiger partial charge on any atom is -0.508 e. The fourth-order valence-corrected chi connectivity index (χ4v) is 4.30. The van der Waals surface area contributed by atoms with E-state index in [1.807, 2.05) is 12.1 Å². The number of amides is 1. The number of Topliss-reactive ketones (excluding diaryl/α,β-unsaturated/α-hetero) is 1. The predicted octanol–water partition coefficient (Wildman–Crippen LogP) is 5.68. The highest BCUT2D eigenvalue weighted by Gasteiger charge is 2.45. The minimum absolute atomic E-state index is 0.0196. The topological polar surface area (TPSA) is 91.0 Å². The first-order valence-electron chi connectivity index (χ1n) is 9.78. The lowest BCUT2D eigenvalue weighted by Gasteiger charge is -2.26. The van der Waals surface area contributed by atoms with Gasteiger partial charge in [-0.3, -0.25) is 14.5 Å². The van der Waals surface area contributed by atoms with Crippen LogP contribution in [0, 0.1) is 0 Å². The number of aliphatic hydroxyl groups is 1. The van der Waals surface area contributed by atoms with Gasteiger partial charge in [0.25, 0.3) is 5.91 Å². The Kier molecular flexibility index (Phi) is 4.83. The summed E-state index contributed by atoms with van der Waals surface area (Å²) in [6.07, 6.45) is 0. The van der Waals surface area contributed by atoms with Crippen molar-refractivity contribution in [3.05, 3.63) is 106 Å². The summed E-state index contributed by atoms with van der Waals surface area (Å²) in [6, 6.07) is 21.0. The van der Waals surface area contributed by atoms with Gasteiger partial charge < -0.3 is 14.6 Å². The van der Waals surface area contributed by atoms with Gasteiger partial charge in [-0.25, -0.2) is 0 Å². The van der Waals surface area contributed by atoms with Crippen LogP contribution in [-0.2, 0) is 4.79 Å². The highest BCUT2D eigenvalue weighted by atomic mass is 79.9. The number of carbonyl (C=O) groups excluding carboxylic acids is 2. The number of furan rings is 1. The number of aliphatic hydroxyl groups excluding tert-OH is 1. The summed E-state index contributed by atoms with van der Waals surface area (Å²) in [5, 5.41) is 21.2. The second-order valence-electron chi connectivity index (χ2n) is 7.39. The molecule has 0 saturated carbocycles. The number of phenols is 1. The van der Waals surface area contributed by atoms with Crippen LogP contribution in [0.5, 0.6) is 5.75 Å². The van der Waals surface area contributed by atoms with Crippen molar-refractivity contribution in [2.45, 2.75) is 6.04 Å². The van der Waals surface area contributed by atoms with Crippen LogP contribution in [0.25, 0.3) is 11.0 Å². The van der Waals surface area contributed by atoms with E-state index in [4.69, 9.17) is 4.42 Å². The van der Waals surface area contributed by atoms with Crippen molar-refractivity contribution >= 4 is 44.3 Å². The molecule has 0 spiro atoms. The van der Waals surface area contributed by atoms with Crippen LogP contribution in [0.4, 0.5) is 5.69 Å². The number of phenolic OH excluding ortho intramolecular Hbond substituents is 1. The van der Waals surface area contributed by atoms with Crippen molar-refractivity contribution in [2.24, 2.45) is 0 Å². The molecule has 1 aliphatic rings. The van der Waals surface area contributed by atoms with Gasteiger partial charge in [-0.15, -0.1) is 0 Å². The SMILES string of the molecule is O=C(C1=C(O)C(=O)N(c2ccccc2)C1c1ccc(O)cc1)c1cc2cc(Br)ccc2o1. The molecular weight excluding hydrogens is 474 g/mol. The number of aromatic hydroxyl groups is 1. The molecule has 1 aliphatic heterocycles. The Hall–Kier alpha value is -3.84. The van der Waals surface area contributed by atoms with Gasteiger partial charge in [-0.1, -0.05) is 46.3 Å². The average molecular weight is 490 g/mol. The Bertz CT molecular complexity index is 1390. The molecule has 2 N–H and O–H groups in total. The molecule has 1 unspecified atom stereocenters. The maximum absolute atomic E-state index is 13.5. The summed E-state index contributed by atoms with van der Waals surface area (Å²) in [5.41, 5.74) is 1.52. The minimum atomic E-state index is -0.891. The number of carbonyl (C=O) groups is 2. The number of hydrogen-bond donors (Lipinski definition) is 2. The zero-order valence-electron chi connectivity index (χ0n) is 16.5. The van der Waals surface area contributed by atoms with E-state index in [0.717, 1.165) is 4.47 Å². The third-order valence-corrected chi connectivity index (χ3v) is 5.89. The maximum atomic E-state index is 13.5. The molecule has 2 heterocycles. The van der Waals surface area contributed by atoms with Crippen molar-refractivity contribution in [1.82, 2.24) is 0 Å². The van der Waals surface area contributed by atoms with Gasteiger partial charge in [-0.05, 0) is 54.1 Å². The number of rotatable bonds is 4. The van der Waals surface area contributed by atoms with E-state index < -0.39 is 23.5 Å². The normalized spacial score (nSPS) is 16.2. The van der Waals surface area contributed by atoms with Crippen LogP contribution in [0.15, 0.2) is 99.1 Å². The van der Waals surface area contributed by atoms with Crippen molar-refractivity contribution in [2.75, 3.05) is 4.90 Å². The third-order valence-electron chi connectivity index (χ3n) is 5.40. The van der Waals surface area contributed by atoms with E-state index >= 15 is 0 Å². The molecule has 6 nitrogen and oxygen atoms in total. The number of halogens is 1. The quantitative estimate of drug-likeness (QED) is 0.359. The fraction of sp³-hybridized carbons (Fsp3) is 0.0400. The van der Waals surface area contributed by atoms with E-state index in [2.05, 4.69) is 15.9 Å². The molecule has 4 aromatic rings. The zero-order valence-corrected chi connectivity index (χ0v) is 18.1. The van der Waals surface area contributed by atoms with Crippen LogP contribution < -0.4 is 4.90 Å². The lowest BCUT2D eigenvalue weighted by atomic mass is 9.94. The molecule has 158 valence electrons. The molecule has 0 fully saturated rings. The second-order valence-corrected chi connectivity index (χ2v) is 8.30. The smallest absolute Gasteiger partial charge is 0.294 e. The van der Waals surface area contributed by atoms with Crippen molar-refractivity contribution in [3.8, 4) is 5.75 Å².